The highest BCUT2D eigenvalue weighted by atomic mass is 32.2. The average molecular weight is 297 g/mol. The topological polar surface area (TPSA) is 55.4 Å². The van der Waals surface area contributed by atoms with E-state index >= 15 is 0 Å². The molecule has 0 bridgehead atoms. The van der Waals surface area contributed by atoms with Gasteiger partial charge in [-0.2, -0.15) is 0 Å². The lowest BCUT2D eigenvalue weighted by atomic mass is 9.79. The van der Waals surface area contributed by atoms with Crippen molar-refractivity contribution < 1.29 is 14.3 Å². The molecule has 0 aromatic heterocycles. The van der Waals surface area contributed by atoms with Crippen molar-refractivity contribution in [3.63, 3.8) is 0 Å². The van der Waals surface area contributed by atoms with E-state index in [0.29, 0.717) is 12.3 Å². The van der Waals surface area contributed by atoms with Gasteiger partial charge in [0.15, 0.2) is 0 Å². The van der Waals surface area contributed by atoms with Crippen molar-refractivity contribution in [3.8, 4) is 0 Å². The molecular weight excluding hydrogens is 274 g/mol. The van der Waals surface area contributed by atoms with Crippen LogP contribution in [-0.2, 0) is 14.3 Å². The van der Waals surface area contributed by atoms with Gasteiger partial charge in [-0.05, 0) is 31.6 Å². The smallest absolute Gasteiger partial charge is 0.310 e. The first-order valence-electron chi connectivity index (χ1n) is 7.69. The molecule has 0 aromatic rings. The van der Waals surface area contributed by atoms with Crippen LogP contribution in [0.15, 0.2) is 0 Å². The van der Waals surface area contributed by atoms with E-state index in [9.17, 15) is 9.59 Å². The summed E-state index contributed by atoms with van der Waals surface area (Å²) in [5.41, 5.74) is -0.453. The molecule has 2 heterocycles. The third-order valence-corrected chi connectivity index (χ3v) is 6.32. The number of hydrogen-bond acceptors (Lipinski definition) is 5. The molecule has 2 aliphatic heterocycles. The van der Waals surface area contributed by atoms with Gasteiger partial charge in [-0.1, -0.05) is 31.0 Å². The van der Waals surface area contributed by atoms with Gasteiger partial charge in [0, 0.05) is 11.8 Å². The predicted molar refractivity (Wildman–Crippen MR) is 78.4 cm³/mol. The van der Waals surface area contributed by atoms with Crippen molar-refractivity contribution in [2.75, 3.05) is 12.9 Å². The second kappa shape index (κ2) is 5.68. The van der Waals surface area contributed by atoms with Crippen LogP contribution in [0.4, 0.5) is 0 Å². The number of rotatable bonds is 2. The number of esters is 1. The third-order valence-electron chi connectivity index (χ3n) is 5.26. The van der Waals surface area contributed by atoms with E-state index < -0.39 is 5.54 Å². The van der Waals surface area contributed by atoms with Gasteiger partial charge in [-0.15, -0.1) is 0 Å². The molecule has 0 unspecified atom stereocenters. The zero-order valence-corrected chi connectivity index (χ0v) is 12.8. The van der Waals surface area contributed by atoms with Crippen LogP contribution < -0.4 is 5.32 Å². The number of methoxy groups -OCH3 is 1. The van der Waals surface area contributed by atoms with Crippen molar-refractivity contribution in [1.82, 2.24) is 5.32 Å². The lowest BCUT2D eigenvalue weighted by Crippen LogP contribution is -2.49. The predicted octanol–water partition coefficient (Wildman–Crippen LogP) is 2.12. The molecule has 0 radical (unpaired) electrons. The van der Waals surface area contributed by atoms with Crippen LogP contribution in [-0.4, -0.2) is 35.5 Å². The number of carbonyl (C=O) groups excluding carboxylic acids is 2. The zero-order chi connectivity index (χ0) is 14.2. The van der Waals surface area contributed by atoms with E-state index in [2.05, 4.69) is 5.32 Å². The standard InChI is InChI=1S/C15H23NO3S/c1-19-13(17)11-9-15(7-8-20-14(15)18)16-12(11)10-5-3-2-4-6-10/h10-12,16H,2-9H2,1H3/t11-,12-,15-/m0/s1. The minimum atomic E-state index is -0.453. The maximum Gasteiger partial charge on any atom is 0.310 e. The van der Waals surface area contributed by atoms with Crippen LogP contribution >= 0.6 is 11.8 Å². The van der Waals surface area contributed by atoms with Crippen molar-refractivity contribution in [2.24, 2.45) is 11.8 Å². The number of carbonyl (C=O) groups is 2. The van der Waals surface area contributed by atoms with E-state index in [-0.39, 0.29) is 23.0 Å². The van der Waals surface area contributed by atoms with E-state index in [1.807, 2.05) is 0 Å². The lowest BCUT2D eigenvalue weighted by molar-refractivity contribution is -0.146. The Morgan fingerprint density at radius 2 is 2.10 bits per heavy atom. The normalized spacial score (nSPS) is 38.5. The summed E-state index contributed by atoms with van der Waals surface area (Å²) < 4.78 is 5.00. The quantitative estimate of drug-likeness (QED) is 0.791. The fourth-order valence-electron chi connectivity index (χ4n) is 4.18. The molecular formula is C15H23NO3S. The van der Waals surface area contributed by atoms with Gasteiger partial charge < -0.3 is 10.1 Å². The molecule has 112 valence electrons. The maximum atomic E-state index is 12.2. The van der Waals surface area contributed by atoms with Crippen molar-refractivity contribution in [3.05, 3.63) is 0 Å². The molecule has 2 saturated heterocycles. The van der Waals surface area contributed by atoms with Gasteiger partial charge in [0.25, 0.3) is 0 Å². The van der Waals surface area contributed by atoms with E-state index in [1.54, 1.807) is 0 Å². The molecule has 0 aromatic carbocycles. The highest BCUT2D eigenvalue weighted by Gasteiger charge is 2.55. The SMILES string of the molecule is COC(=O)[C@H]1C[C@]2(CCSC2=O)N[C@H]1C1CCCCC1. The molecule has 1 N–H and O–H groups in total. The molecule has 0 amide bonds. The Kier molecular flexibility index (Phi) is 4.09. The first kappa shape index (κ1) is 14.4. The maximum absolute atomic E-state index is 12.2. The Morgan fingerprint density at radius 1 is 1.35 bits per heavy atom. The fraction of sp³-hybridized carbons (Fsp3) is 0.867. The lowest BCUT2D eigenvalue weighted by Gasteiger charge is -2.31. The molecule has 1 spiro atoms. The van der Waals surface area contributed by atoms with Gasteiger partial charge in [0.05, 0.1) is 18.6 Å². The summed E-state index contributed by atoms with van der Waals surface area (Å²) in [4.78, 5) is 24.4. The largest absolute Gasteiger partial charge is 0.469 e. The Bertz CT molecular complexity index is 408. The first-order chi connectivity index (χ1) is 9.66. The molecule has 3 fully saturated rings. The fourth-order valence-corrected chi connectivity index (χ4v) is 5.33. The summed E-state index contributed by atoms with van der Waals surface area (Å²) in [6, 6.07) is 0.130. The Morgan fingerprint density at radius 3 is 2.70 bits per heavy atom. The minimum Gasteiger partial charge on any atom is -0.469 e. The van der Waals surface area contributed by atoms with Crippen molar-refractivity contribution in [1.29, 1.82) is 0 Å². The molecule has 5 heteroatoms. The zero-order valence-electron chi connectivity index (χ0n) is 12.0. The molecule has 4 nitrogen and oxygen atoms in total. The number of nitrogens with one attached hydrogen (secondary N) is 1. The molecule has 3 atom stereocenters. The van der Waals surface area contributed by atoms with Crippen LogP contribution in [0.1, 0.15) is 44.9 Å². The minimum absolute atomic E-state index is 0.130. The van der Waals surface area contributed by atoms with Crippen LogP contribution in [0.5, 0.6) is 0 Å². The van der Waals surface area contributed by atoms with Gasteiger partial charge in [-0.25, -0.2) is 0 Å². The van der Waals surface area contributed by atoms with E-state index in [4.69, 9.17) is 4.74 Å². The third kappa shape index (κ3) is 2.39. The summed E-state index contributed by atoms with van der Waals surface area (Å²) in [5.74, 6) is 1.10. The highest BCUT2D eigenvalue weighted by molar-refractivity contribution is 8.14. The van der Waals surface area contributed by atoms with Gasteiger partial charge in [-0.3, -0.25) is 9.59 Å². The molecule has 20 heavy (non-hydrogen) atoms. The summed E-state index contributed by atoms with van der Waals surface area (Å²) >= 11 is 1.41. The average Bonchev–Trinajstić information content (AvgIpc) is 3.04. The second-order valence-electron chi connectivity index (χ2n) is 6.37. The van der Waals surface area contributed by atoms with Gasteiger partial charge >= 0.3 is 5.97 Å². The molecule has 1 saturated carbocycles. The Labute approximate surface area is 124 Å². The van der Waals surface area contributed by atoms with Crippen LogP contribution in [0, 0.1) is 11.8 Å². The molecule has 3 rings (SSSR count). The van der Waals surface area contributed by atoms with Gasteiger partial charge in [0.2, 0.25) is 5.12 Å². The number of hydrogen-bond donors (Lipinski definition) is 1. The monoisotopic (exact) mass is 297 g/mol. The van der Waals surface area contributed by atoms with E-state index in [0.717, 1.165) is 12.2 Å². The number of thioether (sulfide) groups is 1. The summed E-state index contributed by atoms with van der Waals surface area (Å²) in [6.07, 6.45) is 7.61. The summed E-state index contributed by atoms with van der Waals surface area (Å²) in [7, 11) is 1.45. The number of ether oxygens (including phenoxy) is 1. The first-order valence-corrected chi connectivity index (χ1v) is 8.67. The van der Waals surface area contributed by atoms with Gasteiger partial charge in [0.1, 0.15) is 0 Å². The van der Waals surface area contributed by atoms with Crippen LogP contribution in [0.3, 0.4) is 0 Å². The Balaban J connectivity index is 1.81. The van der Waals surface area contributed by atoms with E-state index in [1.165, 1.54) is 51.0 Å². The summed E-state index contributed by atoms with van der Waals surface area (Å²) in [6.45, 7) is 0. The molecule has 1 aliphatic carbocycles. The van der Waals surface area contributed by atoms with Crippen molar-refractivity contribution >= 4 is 22.8 Å². The highest BCUT2D eigenvalue weighted by Crippen LogP contribution is 2.45. The Hall–Kier alpha value is -0.550. The molecule has 3 aliphatic rings. The van der Waals surface area contributed by atoms with Crippen LogP contribution in [0.2, 0.25) is 0 Å². The second-order valence-corrected chi connectivity index (χ2v) is 7.44. The van der Waals surface area contributed by atoms with Crippen LogP contribution in [0.25, 0.3) is 0 Å². The summed E-state index contributed by atoms with van der Waals surface area (Å²) in [5, 5.41) is 3.81. The van der Waals surface area contributed by atoms with Crippen molar-refractivity contribution in [2.45, 2.75) is 56.5 Å².